The summed E-state index contributed by atoms with van der Waals surface area (Å²) in [6.45, 7) is 2.48. The highest BCUT2D eigenvalue weighted by Crippen LogP contribution is 2.30. The summed E-state index contributed by atoms with van der Waals surface area (Å²) in [5.74, 6) is 0.703. The molecule has 2 N–H and O–H groups in total. The van der Waals surface area contributed by atoms with Gasteiger partial charge in [-0.15, -0.1) is 0 Å². The van der Waals surface area contributed by atoms with Crippen LogP contribution in [0, 0.1) is 0 Å². The van der Waals surface area contributed by atoms with Crippen molar-refractivity contribution in [3.05, 3.63) is 59.2 Å². The van der Waals surface area contributed by atoms with E-state index in [4.69, 9.17) is 4.74 Å². The summed E-state index contributed by atoms with van der Waals surface area (Å²) in [6.07, 6.45) is 1.65. The second-order valence-electron chi connectivity index (χ2n) is 8.96. The van der Waals surface area contributed by atoms with Crippen LogP contribution >= 0.6 is 0 Å². The van der Waals surface area contributed by atoms with Gasteiger partial charge in [-0.2, -0.15) is 0 Å². The molecular weight excluding hydrogens is 434 g/mol. The molecule has 2 heterocycles. The lowest BCUT2D eigenvalue weighted by molar-refractivity contribution is -0.138. The SMILES string of the molecule is COC(=O)NCc1ccc2c(c1)CCC(C(=O)N(C)CCc1ccccc1N1CC[C@H](O)C1)O2. The average Bonchev–Trinajstić information content (AvgIpc) is 3.31. The number of hydrogen-bond donors (Lipinski definition) is 2. The topological polar surface area (TPSA) is 91.3 Å². The Morgan fingerprint density at radius 3 is 2.82 bits per heavy atom. The number of aliphatic hydroxyl groups excluding tert-OH is 1. The number of alkyl carbamates (subject to hydrolysis) is 1. The van der Waals surface area contributed by atoms with Crippen molar-refractivity contribution >= 4 is 17.7 Å². The van der Waals surface area contributed by atoms with Gasteiger partial charge in [-0.3, -0.25) is 4.79 Å². The maximum Gasteiger partial charge on any atom is 0.407 e. The molecule has 1 unspecified atom stereocenters. The number of carbonyl (C=O) groups is 2. The number of fused-ring (bicyclic) bond motifs is 1. The number of hydrogen-bond acceptors (Lipinski definition) is 6. The Labute approximate surface area is 200 Å². The second-order valence-corrected chi connectivity index (χ2v) is 8.96. The zero-order valence-corrected chi connectivity index (χ0v) is 19.8. The fourth-order valence-electron chi connectivity index (χ4n) is 4.61. The lowest BCUT2D eigenvalue weighted by atomic mass is 9.99. The van der Waals surface area contributed by atoms with Crippen LogP contribution in [0.15, 0.2) is 42.5 Å². The lowest BCUT2D eigenvalue weighted by Crippen LogP contribution is -2.42. The summed E-state index contributed by atoms with van der Waals surface area (Å²) in [7, 11) is 3.16. The minimum absolute atomic E-state index is 0.0174. The van der Waals surface area contributed by atoms with Crippen LogP contribution < -0.4 is 15.0 Å². The third-order valence-electron chi connectivity index (χ3n) is 6.56. The first-order valence-corrected chi connectivity index (χ1v) is 11.8. The zero-order chi connectivity index (χ0) is 24.1. The van der Waals surface area contributed by atoms with Gasteiger partial charge in [-0.1, -0.05) is 30.3 Å². The fraction of sp³-hybridized carbons (Fsp3) is 0.462. The molecule has 0 spiro atoms. The number of likely N-dealkylation sites (N-methyl/N-ethyl adjacent to an activating group) is 1. The quantitative estimate of drug-likeness (QED) is 0.650. The van der Waals surface area contributed by atoms with E-state index in [2.05, 4.69) is 27.1 Å². The number of β-amino-alcohol motifs (C(OH)–C–C–N with tert-alkyl or cyclic N) is 1. The molecule has 34 heavy (non-hydrogen) atoms. The molecule has 8 heteroatoms. The van der Waals surface area contributed by atoms with Gasteiger partial charge in [0, 0.05) is 38.9 Å². The van der Waals surface area contributed by atoms with Gasteiger partial charge >= 0.3 is 6.09 Å². The predicted molar refractivity (Wildman–Crippen MR) is 129 cm³/mol. The maximum absolute atomic E-state index is 13.1. The van der Waals surface area contributed by atoms with Crippen molar-refractivity contribution in [3.63, 3.8) is 0 Å². The van der Waals surface area contributed by atoms with E-state index in [9.17, 15) is 14.7 Å². The van der Waals surface area contributed by atoms with E-state index in [1.807, 2.05) is 37.4 Å². The molecule has 2 aliphatic heterocycles. The van der Waals surface area contributed by atoms with Crippen molar-refractivity contribution in [1.29, 1.82) is 0 Å². The number of methoxy groups -OCH3 is 1. The van der Waals surface area contributed by atoms with Crippen LogP contribution in [0.2, 0.25) is 0 Å². The molecule has 2 aromatic rings. The molecule has 0 radical (unpaired) electrons. The number of aryl methyl sites for hydroxylation is 1. The van der Waals surface area contributed by atoms with Gasteiger partial charge < -0.3 is 29.7 Å². The van der Waals surface area contributed by atoms with Crippen LogP contribution in [0.4, 0.5) is 10.5 Å². The summed E-state index contributed by atoms with van der Waals surface area (Å²) in [5.41, 5.74) is 4.32. The van der Waals surface area contributed by atoms with Gasteiger partial charge in [-0.05, 0) is 54.5 Å². The Kier molecular flexibility index (Phi) is 7.57. The predicted octanol–water partition coefficient (Wildman–Crippen LogP) is 2.51. The Bertz CT molecular complexity index is 1030. The molecule has 8 nitrogen and oxygen atoms in total. The third kappa shape index (κ3) is 5.62. The number of benzene rings is 2. The molecule has 2 aliphatic rings. The second kappa shape index (κ2) is 10.8. The molecule has 2 atom stereocenters. The zero-order valence-electron chi connectivity index (χ0n) is 19.8. The molecule has 0 aromatic heterocycles. The highest BCUT2D eigenvalue weighted by atomic mass is 16.5. The van der Waals surface area contributed by atoms with Gasteiger partial charge in [0.05, 0.1) is 13.2 Å². The van der Waals surface area contributed by atoms with E-state index in [0.717, 1.165) is 48.4 Å². The maximum atomic E-state index is 13.1. The summed E-state index contributed by atoms with van der Waals surface area (Å²) in [4.78, 5) is 28.3. The number of carbonyl (C=O) groups excluding carboxylic acids is 2. The lowest BCUT2D eigenvalue weighted by Gasteiger charge is -2.29. The van der Waals surface area contributed by atoms with Crippen LogP contribution in [0.3, 0.4) is 0 Å². The van der Waals surface area contributed by atoms with Gasteiger partial charge in [0.1, 0.15) is 5.75 Å². The fourth-order valence-corrected chi connectivity index (χ4v) is 4.61. The number of anilines is 1. The smallest absolute Gasteiger partial charge is 0.407 e. The number of ether oxygens (including phenoxy) is 2. The normalized spacial score (nSPS) is 19.2. The summed E-state index contributed by atoms with van der Waals surface area (Å²) in [5, 5.41) is 12.6. The van der Waals surface area contributed by atoms with E-state index < -0.39 is 12.2 Å². The molecule has 0 bridgehead atoms. The molecule has 0 saturated carbocycles. The highest BCUT2D eigenvalue weighted by Gasteiger charge is 2.29. The van der Waals surface area contributed by atoms with Crippen LogP contribution in [0.1, 0.15) is 29.5 Å². The van der Waals surface area contributed by atoms with Crippen LogP contribution in [-0.2, 0) is 28.9 Å². The first-order valence-electron chi connectivity index (χ1n) is 11.8. The number of amides is 2. The average molecular weight is 468 g/mol. The minimum atomic E-state index is -0.500. The number of rotatable bonds is 7. The summed E-state index contributed by atoms with van der Waals surface area (Å²) >= 11 is 0. The first-order chi connectivity index (χ1) is 16.4. The molecule has 2 aromatic carbocycles. The van der Waals surface area contributed by atoms with E-state index in [1.54, 1.807) is 4.90 Å². The van der Waals surface area contributed by atoms with Gasteiger partial charge in [0.2, 0.25) is 0 Å². The Hall–Kier alpha value is -3.26. The Morgan fingerprint density at radius 1 is 1.24 bits per heavy atom. The number of nitrogens with one attached hydrogen (secondary N) is 1. The molecular formula is C26H33N3O5. The van der Waals surface area contributed by atoms with Crippen molar-refractivity contribution in [1.82, 2.24) is 10.2 Å². The van der Waals surface area contributed by atoms with E-state index in [0.29, 0.717) is 26.1 Å². The molecule has 1 saturated heterocycles. The van der Waals surface area contributed by atoms with Crippen molar-refractivity contribution < 1.29 is 24.2 Å². The molecule has 2 amide bonds. The Morgan fingerprint density at radius 2 is 2.06 bits per heavy atom. The van der Waals surface area contributed by atoms with Crippen molar-refractivity contribution in [2.75, 3.05) is 38.7 Å². The first kappa shape index (κ1) is 23.9. The number of para-hydroxylation sites is 1. The number of aliphatic hydroxyl groups is 1. The number of nitrogens with zero attached hydrogens (tertiary/aromatic N) is 2. The molecule has 182 valence electrons. The van der Waals surface area contributed by atoms with Gasteiger partial charge in [0.15, 0.2) is 6.10 Å². The van der Waals surface area contributed by atoms with Crippen LogP contribution in [0.5, 0.6) is 5.75 Å². The standard InChI is InChI=1S/C26H33N3O5/c1-28(13-11-19-5-3-4-6-22(19)29-14-12-21(30)17-29)25(31)24-10-8-20-15-18(7-9-23(20)34-24)16-27-26(32)33-2/h3-7,9,15,21,24,30H,8,10-14,16-17H2,1-2H3,(H,27,32)/t21-,24?/m0/s1. The minimum Gasteiger partial charge on any atom is -0.480 e. The van der Waals surface area contributed by atoms with Crippen molar-refractivity contribution in [2.24, 2.45) is 0 Å². The molecule has 4 rings (SSSR count). The van der Waals surface area contributed by atoms with E-state index in [-0.39, 0.29) is 12.0 Å². The van der Waals surface area contributed by atoms with E-state index >= 15 is 0 Å². The third-order valence-corrected chi connectivity index (χ3v) is 6.56. The van der Waals surface area contributed by atoms with Crippen LogP contribution in [-0.4, -0.2) is 68.0 Å². The van der Waals surface area contributed by atoms with Gasteiger partial charge in [-0.25, -0.2) is 4.79 Å². The van der Waals surface area contributed by atoms with Crippen molar-refractivity contribution in [3.8, 4) is 5.75 Å². The largest absolute Gasteiger partial charge is 0.480 e. The van der Waals surface area contributed by atoms with Crippen molar-refractivity contribution in [2.45, 2.75) is 44.4 Å². The van der Waals surface area contributed by atoms with Crippen LogP contribution in [0.25, 0.3) is 0 Å². The molecule has 1 fully saturated rings. The Balaban J connectivity index is 1.33. The summed E-state index contributed by atoms with van der Waals surface area (Å²) < 4.78 is 10.6. The monoisotopic (exact) mass is 467 g/mol. The highest BCUT2D eigenvalue weighted by molar-refractivity contribution is 5.81. The van der Waals surface area contributed by atoms with Gasteiger partial charge in [0.25, 0.3) is 5.91 Å². The molecule has 0 aliphatic carbocycles. The summed E-state index contributed by atoms with van der Waals surface area (Å²) in [6, 6.07) is 14.0. The van der Waals surface area contributed by atoms with E-state index in [1.165, 1.54) is 12.7 Å².